The largest absolute Gasteiger partial charge is 0.352 e. The third kappa shape index (κ3) is 8.04. The summed E-state index contributed by atoms with van der Waals surface area (Å²) in [5, 5.41) is 4.21. The number of amides is 2. The van der Waals surface area contributed by atoms with Crippen molar-refractivity contribution < 1.29 is 18.0 Å². The van der Waals surface area contributed by atoms with Crippen molar-refractivity contribution in [2.45, 2.75) is 75.9 Å². The molecule has 1 N–H and O–H groups in total. The molecule has 1 saturated carbocycles. The lowest BCUT2D eigenvalue weighted by molar-refractivity contribution is -0.140. The molecule has 1 aliphatic carbocycles. The molecule has 1 atom stereocenters. The number of aryl methyl sites for hydroxylation is 1. The molecule has 2 amide bonds. The molecule has 0 aliphatic heterocycles. The molecule has 0 radical (unpaired) electrons. The summed E-state index contributed by atoms with van der Waals surface area (Å²) in [5.41, 5.74) is 1.49. The lowest BCUT2D eigenvalue weighted by Crippen LogP contribution is -2.54. The molecule has 0 heterocycles. The molecule has 7 nitrogen and oxygen atoms in total. The SMILES string of the molecule is CC[C@H](C(=O)NC1CCCCC1)N(Cc1c(Cl)cccc1Cl)C(=O)CN(c1ccccc1C)S(=O)(=O)c1ccc(Cl)cc1. The second-order valence-electron chi connectivity index (χ2n) is 10.7. The number of hydrogen-bond donors (Lipinski definition) is 1. The Kier molecular flexibility index (Phi) is 11.4. The van der Waals surface area contributed by atoms with Gasteiger partial charge in [0.1, 0.15) is 12.6 Å². The number of hydrogen-bond acceptors (Lipinski definition) is 4. The van der Waals surface area contributed by atoms with E-state index in [1.165, 1.54) is 29.2 Å². The summed E-state index contributed by atoms with van der Waals surface area (Å²) in [5.74, 6) is -0.851. The lowest BCUT2D eigenvalue weighted by Gasteiger charge is -2.35. The monoisotopic (exact) mass is 663 g/mol. The van der Waals surface area contributed by atoms with Crippen LogP contribution in [0, 0.1) is 6.92 Å². The standard InChI is InChI=1S/C32H36Cl3N3O4S/c1-3-29(32(40)36-24-11-5-4-6-12-24)37(20-26-27(34)13-9-14-28(26)35)31(39)21-38(30-15-8-7-10-22(30)2)43(41,42)25-18-16-23(33)17-19-25/h7-10,13-19,24,29H,3-6,11-12,20-21H2,1-2H3,(H,36,40)/t29-/m1/s1. The zero-order valence-corrected chi connectivity index (χ0v) is 27.3. The number of benzene rings is 3. The topological polar surface area (TPSA) is 86.8 Å². The van der Waals surface area contributed by atoms with Crippen molar-refractivity contribution in [3.63, 3.8) is 0 Å². The van der Waals surface area contributed by atoms with E-state index < -0.39 is 28.5 Å². The summed E-state index contributed by atoms with van der Waals surface area (Å²) in [7, 11) is -4.21. The number of anilines is 1. The molecule has 3 aromatic carbocycles. The highest BCUT2D eigenvalue weighted by Gasteiger charge is 2.35. The summed E-state index contributed by atoms with van der Waals surface area (Å²) in [4.78, 5) is 29.4. The normalized spacial score (nSPS) is 14.6. The van der Waals surface area contributed by atoms with Crippen LogP contribution in [-0.2, 0) is 26.2 Å². The van der Waals surface area contributed by atoms with Crippen molar-refractivity contribution in [2.24, 2.45) is 0 Å². The van der Waals surface area contributed by atoms with Gasteiger partial charge in [-0.3, -0.25) is 13.9 Å². The van der Waals surface area contributed by atoms with Gasteiger partial charge in [-0.25, -0.2) is 8.42 Å². The van der Waals surface area contributed by atoms with Crippen LogP contribution in [0.2, 0.25) is 15.1 Å². The van der Waals surface area contributed by atoms with Gasteiger partial charge in [-0.05, 0) is 74.2 Å². The van der Waals surface area contributed by atoms with Gasteiger partial charge < -0.3 is 10.2 Å². The van der Waals surface area contributed by atoms with E-state index in [1.807, 2.05) is 6.92 Å². The maximum absolute atomic E-state index is 14.3. The first-order valence-electron chi connectivity index (χ1n) is 14.4. The Morgan fingerprint density at radius 3 is 2.14 bits per heavy atom. The van der Waals surface area contributed by atoms with E-state index in [4.69, 9.17) is 34.8 Å². The van der Waals surface area contributed by atoms with Crippen LogP contribution in [0.5, 0.6) is 0 Å². The highest BCUT2D eigenvalue weighted by atomic mass is 35.5. The Hall–Kier alpha value is -2.78. The Bertz CT molecular complexity index is 1520. The molecule has 1 fully saturated rings. The number of carbonyl (C=O) groups is 2. The van der Waals surface area contributed by atoms with Gasteiger partial charge in [0, 0.05) is 33.2 Å². The summed E-state index contributed by atoms with van der Waals surface area (Å²) < 4.78 is 29.2. The molecular formula is C32H36Cl3N3O4S. The maximum atomic E-state index is 14.3. The molecule has 0 bridgehead atoms. The van der Waals surface area contributed by atoms with E-state index in [0.717, 1.165) is 36.4 Å². The number of halogens is 3. The van der Waals surface area contributed by atoms with Crippen molar-refractivity contribution >= 4 is 62.3 Å². The fourth-order valence-electron chi connectivity index (χ4n) is 5.41. The van der Waals surface area contributed by atoms with Crippen molar-refractivity contribution in [3.8, 4) is 0 Å². The number of carbonyl (C=O) groups excluding carboxylic acids is 2. The first-order valence-corrected chi connectivity index (χ1v) is 17.0. The maximum Gasteiger partial charge on any atom is 0.264 e. The first-order chi connectivity index (χ1) is 20.5. The minimum Gasteiger partial charge on any atom is -0.352 e. The van der Waals surface area contributed by atoms with Crippen LogP contribution in [0.4, 0.5) is 5.69 Å². The summed E-state index contributed by atoms with van der Waals surface area (Å²) in [6, 6.07) is 16.9. The lowest BCUT2D eigenvalue weighted by atomic mass is 9.95. The van der Waals surface area contributed by atoms with Crippen molar-refractivity contribution in [3.05, 3.63) is 92.9 Å². The van der Waals surface area contributed by atoms with Gasteiger partial charge in [-0.2, -0.15) is 0 Å². The van der Waals surface area contributed by atoms with Gasteiger partial charge in [0.15, 0.2) is 0 Å². The van der Waals surface area contributed by atoms with Gasteiger partial charge in [-0.15, -0.1) is 0 Å². The predicted octanol–water partition coefficient (Wildman–Crippen LogP) is 7.41. The molecule has 0 unspecified atom stereocenters. The summed E-state index contributed by atoms with van der Waals surface area (Å²) >= 11 is 19.1. The van der Waals surface area contributed by atoms with E-state index in [1.54, 1.807) is 49.4 Å². The van der Waals surface area contributed by atoms with Crippen LogP contribution in [0.3, 0.4) is 0 Å². The smallest absolute Gasteiger partial charge is 0.264 e. The van der Waals surface area contributed by atoms with Crippen LogP contribution >= 0.6 is 34.8 Å². The predicted molar refractivity (Wildman–Crippen MR) is 173 cm³/mol. The second kappa shape index (κ2) is 14.8. The molecule has 11 heteroatoms. The minimum atomic E-state index is -4.21. The zero-order valence-electron chi connectivity index (χ0n) is 24.2. The number of nitrogens with zero attached hydrogens (tertiary/aromatic N) is 2. The average Bonchev–Trinajstić information content (AvgIpc) is 2.98. The van der Waals surface area contributed by atoms with Gasteiger partial charge in [0.05, 0.1) is 10.6 Å². The zero-order chi connectivity index (χ0) is 31.1. The molecule has 230 valence electrons. The second-order valence-corrected chi connectivity index (χ2v) is 13.9. The molecule has 1 aliphatic rings. The van der Waals surface area contributed by atoms with E-state index in [2.05, 4.69) is 5.32 Å². The van der Waals surface area contributed by atoms with Gasteiger partial charge in [-0.1, -0.05) is 85.3 Å². The summed E-state index contributed by atoms with van der Waals surface area (Å²) in [6.07, 6.45) is 5.28. The molecule has 3 aromatic rings. The number of sulfonamides is 1. The van der Waals surface area contributed by atoms with E-state index in [9.17, 15) is 18.0 Å². The quantitative estimate of drug-likeness (QED) is 0.231. The van der Waals surface area contributed by atoms with Crippen LogP contribution < -0.4 is 9.62 Å². The van der Waals surface area contributed by atoms with Crippen molar-refractivity contribution in [1.82, 2.24) is 10.2 Å². The van der Waals surface area contributed by atoms with E-state index in [0.29, 0.717) is 38.3 Å². The fourth-order valence-corrected chi connectivity index (χ4v) is 7.53. The van der Waals surface area contributed by atoms with Crippen molar-refractivity contribution in [1.29, 1.82) is 0 Å². The fraction of sp³-hybridized carbons (Fsp3) is 0.375. The number of para-hydroxylation sites is 1. The Labute approximate surface area is 269 Å². The van der Waals surface area contributed by atoms with Crippen LogP contribution in [0.1, 0.15) is 56.6 Å². The van der Waals surface area contributed by atoms with Gasteiger partial charge in [0.25, 0.3) is 10.0 Å². The Morgan fingerprint density at radius 2 is 1.53 bits per heavy atom. The molecule has 4 rings (SSSR count). The highest BCUT2D eigenvalue weighted by molar-refractivity contribution is 7.92. The van der Waals surface area contributed by atoms with Crippen molar-refractivity contribution in [2.75, 3.05) is 10.8 Å². The third-order valence-corrected chi connectivity index (χ3v) is 10.5. The molecular weight excluding hydrogens is 629 g/mol. The summed E-state index contributed by atoms with van der Waals surface area (Å²) in [6.45, 7) is 2.97. The van der Waals surface area contributed by atoms with Crippen LogP contribution in [0.15, 0.2) is 71.6 Å². The van der Waals surface area contributed by atoms with E-state index in [-0.39, 0.29) is 23.4 Å². The van der Waals surface area contributed by atoms with Crippen LogP contribution in [0.25, 0.3) is 0 Å². The van der Waals surface area contributed by atoms with E-state index >= 15 is 0 Å². The van der Waals surface area contributed by atoms with Gasteiger partial charge in [0.2, 0.25) is 11.8 Å². The van der Waals surface area contributed by atoms with Crippen LogP contribution in [-0.4, -0.2) is 43.8 Å². The highest BCUT2D eigenvalue weighted by Crippen LogP contribution is 2.30. The number of rotatable bonds is 11. The first kappa shape index (κ1) is 33.1. The molecule has 0 aromatic heterocycles. The average molecular weight is 665 g/mol. The molecule has 0 saturated heterocycles. The Morgan fingerprint density at radius 1 is 0.907 bits per heavy atom. The number of nitrogens with one attached hydrogen (secondary N) is 1. The Balaban J connectivity index is 1.75. The third-order valence-electron chi connectivity index (χ3n) is 7.79. The van der Waals surface area contributed by atoms with Gasteiger partial charge >= 0.3 is 0 Å². The molecule has 43 heavy (non-hydrogen) atoms. The molecule has 0 spiro atoms. The minimum absolute atomic E-state index is 0.0178.